The van der Waals surface area contributed by atoms with Crippen LogP contribution in [0.15, 0.2) is 24.3 Å². The average Bonchev–Trinajstić information content (AvgIpc) is 2.73. The van der Waals surface area contributed by atoms with Crippen LogP contribution in [0.25, 0.3) is 0 Å². The van der Waals surface area contributed by atoms with E-state index in [1.807, 2.05) is 6.92 Å². The molecule has 1 aliphatic carbocycles. The molecular formula is C18H24FNO3. The minimum atomic E-state index is -0.830. The molecule has 4 nitrogen and oxygen atoms in total. The first-order chi connectivity index (χ1) is 11.0. The molecule has 0 heterocycles. The molecule has 1 fully saturated rings. The molecule has 2 N–H and O–H groups in total. The highest BCUT2D eigenvalue weighted by molar-refractivity contribution is 5.78. The third kappa shape index (κ3) is 5.05. The number of halogens is 1. The van der Waals surface area contributed by atoms with Gasteiger partial charge in [-0.15, -0.1) is 0 Å². The van der Waals surface area contributed by atoms with Gasteiger partial charge in [0.05, 0.1) is 5.92 Å². The van der Waals surface area contributed by atoms with Gasteiger partial charge >= 0.3 is 5.97 Å². The summed E-state index contributed by atoms with van der Waals surface area (Å²) in [6.07, 6.45) is 4.47. The molecule has 0 aliphatic heterocycles. The summed E-state index contributed by atoms with van der Waals surface area (Å²) in [5.74, 6) is -1.80. The quantitative estimate of drug-likeness (QED) is 0.816. The fourth-order valence-corrected chi connectivity index (χ4v) is 3.23. The lowest BCUT2D eigenvalue weighted by atomic mass is 9.93. The Hall–Kier alpha value is -1.91. The molecular weight excluding hydrogens is 297 g/mol. The van der Waals surface area contributed by atoms with E-state index >= 15 is 0 Å². The van der Waals surface area contributed by atoms with Gasteiger partial charge in [0.25, 0.3) is 0 Å². The van der Waals surface area contributed by atoms with Crippen LogP contribution < -0.4 is 5.32 Å². The van der Waals surface area contributed by atoms with Crippen LogP contribution in [0.4, 0.5) is 4.39 Å². The number of nitrogens with one attached hydrogen (secondary N) is 1. The summed E-state index contributed by atoms with van der Waals surface area (Å²) in [5, 5.41) is 12.3. The molecule has 0 saturated heterocycles. The zero-order chi connectivity index (χ0) is 16.8. The zero-order valence-electron chi connectivity index (χ0n) is 13.4. The second-order valence-electron chi connectivity index (χ2n) is 6.41. The van der Waals surface area contributed by atoms with E-state index in [-0.39, 0.29) is 30.1 Å². The van der Waals surface area contributed by atoms with Gasteiger partial charge in [-0.1, -0.05) is 38.3 Å². The molecule has 23 heavy (non-hydrogen) atoms. The highest BCUT2D eigenvalue weighted by Crippen LogP contribution is 2.25. The summed E-state index contributed by atoms with van der Waals surface area (Å²) >= 11 is 0. The van der Waals surface area contributed by atoms with Crippen LogP contribution in [0, 0.1) is 11.7 Å². The fraction of sp³-hybridized carbons (Fsp3) is 0.556. The van der Waals surface area contributed by atoms with E-state index in [1.165, 1.54) is 12.1 Å². The number of benzene rings is 1. The molecule has 0 bridgehead atoms. The van der Waals surface area contributed by atoms with Crippen LogP contribution in [-0.4, -0.2) is 23.0 Å². The maximum atomic E-state index is 12.9. The average molecular weight is 321 g/mol. The molecule has 1 amide bonds. The second kappa shape index (κ2) is 8.09. The van der Waals surface area contributed by atoms with Gasteiger partial charge in [0, 0.05) is 12.5 Å². The first kappa shape index (κ1) is 17.4. The van der Waals surface area contributed by atoms with Gasteiger partial charge in [0.2, 0.25) is 5.91 Å². The summed E-state index contributed by atoms with van der Waals surface area (Å²) in [6, 6.07) is 5.84. The Morgan fingerprint density at radius 2 is 1.87 bits per heavy atom. The maximum absolute atomic E-state index is 12.9. The van der Waals surface area contributed by atoms with Crippen LogP contribution in [0.3, 0.4) is 0 Å². The van der Waals surface area contributed by atoms with Gasteiger partial charge in [0.1, 0.15) is 5.82 Å². The summed E-state index contributed by atoms with van der Waals surface area (Å²) in [7, 11) is 0. The van der Waals surface area contributed by atoms with Crippen molar-refractivity contribution in [2.24, 2.45) is 5.92 Å². The molecule has 3 atom stereocenters. The zero-order valence-corrected chi connectivity index (χ0v) is 13.4. The van der Waals surface area contributed by atoms with Crippen molar-refractivity contribution in [2.45, 2.75) is 57.4 Å². The van der Waals surface area contributed by atoms with Crippen LogP contribution >= 0.6 is 0 Å². The summed E-state index contributed by atoms with van der Waals surface area (Å²) in [6.45, 7) is 1.91. The predicted molar refractivity (Wildman–Crippen MR) is 85.6 cm³/mol. The molecule has 126 valence electrons. The standard InChI is InChI=1S/C18H24FNO3/c1-12(13-7-9-14(19)10-8-13)11-17(21)20-16-6-4-2-3-5-15(16)18(22)23/h7-10,12,15-16H,2-6,11H2,1H3,(H,20,21)(H,22,23)/t12?,15-,16+/m1/s1. The number of hydrogen-bond acceptors (Lipinski definition) is 2. The van der Waals surface area contributed by atoms with E-state index in [4.69, 9.17) is 0 Å². The van der Waals surface area contributed by atoms with Crippen molar-refractivity contribution in [3.8, 4) is 0 Å². The first-order valence-electron chi connectivity index (χ1n) is 8.25. The molecule has 0 aromatic heterocycles. The normalized spacial score (nSPS) is 22.9. The number of aliphatic carboxylic acids is 1. The number of rotatable bonds is 5. The fourth-order valence-electron chi connectivity index (χ4n) is 3.23. The van der Waals surface area contributed by atoms with E-state index in [9.17, 15) is 19.1 Å². The predicted octanol–water partition coefficient (Wildman–Crippen LogP) is 3.47. The van der Waals surface area contributed by atoms with Crippen molar-refractivity contribution in [1.82, 2.24) is 5.32 Å². The summed E-state index contributed by atoms with van der Waals surface area (Å²) in [4.78, 5) is 23.7. The van der Waals surface area contributed by atoms with Crippen LogP contribution in [-0.2, 0) is 9.59 Å². The molecule has 2 rings (SSSR count). The van der Waals surface area contributed by atoms with Gasteiger partial charge < -0.3 is 10.4 Å². The van der Waals surface area contributed by atoms with Crippen LogP contribution in [0.1, 0.15) is 56.9 Å². The Morgan fingerprint density at radius 1 is 1.22 bits per heavy atom. The van der Waals surface area contributed by atoms with Crippen molar-refractivity contribution < 1.29 is 19.1 Å². The van der Waals surface area contributed by atoms with Crippen molar-refractivity contribution in [1.29, 1.82) is 0 Å². The molecule has 0 spiro atoms. The van der Waals surface area contributed by atoms with Crippen molar-refractivity contribution in [3.05, 3.63) is 35.6 Å². The lowest BCUT2D eigenvalue weighted by Gasteiger charge is -2.23. The number of carbonyl (C=O) groups is 2. The molecule has 1 aromatic carbocycles. The van der Waals surface area contributed by atoms with E-state index in [2.05, 4.69) is 5.32 Å². The van der Waals surface area contributed by atoms with Gasteiger partial charge in [-0.05, 0) is 36.5 Å². The number of amides is 1. The number of hydrogen-bond donors (Lipinski definition) is 2. The van der Waals surface area contributed by atoms with Crippen molar-refractivity contribution in [3.63, 3.8) is 0 Å². The highest BCUT2D eigenvalue weighted by atomic mass is 19.1. The van der Waals surface area contributed by atoms with E-state index < -0.39 is 11.9 Å². The van der Waals surface area contributed by atoms with Crippen LogP contribution in [0.5, 0.6) is 0 Å². The van der Waals surface area contributed by atoms with E-state index in [0.717, 1.165) is 24.8 Å². The minimum absolute atomic E-state index is 0.0374. The minimum Gasteiger partial charge on any atom is -0.481 e. The number of carboxylic acid groups (broad SMARTS) is 1. The smallest absolute Gasteiger partial charge is 0.308 e. The molecule has 5 heteroatoms. The van der Waals surface area contributed by atoms with Gasteiger partial charge in [-0.3, -0.25) is 9.59 Å². The summed E-state index contributed by atoms with van der Waals surface area (Å²) in [5.41, 5.74) is 0.900. The Balaban J connectivity index is 1.94. The van der Waals surface area contributed by atoms with Gasteiger partial charge in [0.15, 0.2) is 0 Å². The largest absolute Gasteiger partial charge is 0.481 e. The monoisotopic (exact) mass is 321 g/mol. The van der Waals surface area contributed by atoms with E-state index in [1.54, 1.807) is 12.1 Å². The topological polar surface area (TPSA) is 66.4 Å². The third-order valence-corrected chi connectivity index (χ3v) is 4.61. The Bertz CT molecular complexity index is 544. The van der Waals surface area contributed by atoms with Crippen molar-refractivity contribution in [2.75, 3.05) is 0 Å². The number of carbonyl (C=O) groups excluding carboxylic acids is 1. The molecule has 1 aromatic rings. The molecule has 1 unspecified atom stereocenters. The Morgan fingerprint density at radius 3 is 2.52 bits per heavy atom. The van der Waals surface area contributed by atoms with Gasteiger partial charge in [-0.25, -0.2) is 4.39 Å². The Labute approximate surface area is 136 Å². The Kier molecular flexibility index (Phi) is 6.13. The third-order valence-electron chi connectivity index (χ3n) is 4.61. The van der Waals surface area contributed by atoms with E-state index in [0.29, 0.717) is 12.8 Å². The highest BCUT2D eigenvalue weighted by Gasteiger charge is 2.30. The van der Waals surface area contributed by atoms with Gasteiger partial charge in [-0.2, -0.15) is 0 Å². The molecule has 1 saturated carbocycles. The lowest BCUT2D eigenvalue weighted by molar-refractivity contribution is -0.143. The maximum Gasteiger partial charge on any atom is 0.308 e. The first-order valence-corrected chi connectivity index (χ1v) is 8.25. The molecule has 0 radical (unpaired) electrons. The van der Waals surface area contributed by atoms with Crippen molar-refractivity contribution >= 4 is 11.9 Å². The van der Waals surface area contributed by atoms with Crippen LogP contribution in [0.2, 0.25) is 0 Å². The lowest BCUT2D eigenvalue weighted by Crippen LogP contribution is -2.43. The summed E-state index contributed by atoms with van der Waals surface area (Å²) < 4.78 is 12.9. The number of carboxylic acids is 1. The second-order valence-corrected chi connectivity index (χ2v) is 6.41. The molecule has 1 aliphatic rings. The SMILES string of the molecule is CC(CC(=O)N[C@H]1CCCCC[C@H]1C(=O)O)c1ccc(F)cc1.